The Bertz CT molecular complexity index is 693. The van der Waals surface area contributed by atoms with Gasteiger partial charge in [-0.2, -0.15) is 31.0 Å². The van der Waals surface area contributed by atoms with Crippen molar-refractivity contribution in [2.24, 2.45) is 0 Å². The molecule has 6 nitrogen and oxygen atoms in total. The van der Waals surface area contributed by atoms with E-state index in [1.165, 1.54) is 11.6 Å². The second kappa shape index (κ2) is 5.62. The molecule has 2 rings (SSSR count). The zero-order valence-corrected chi connectivity index (χ0v) is 11.7. The highest BCUT2D eigenvalue weighted by Gasteiger charge is 2.30. The van der Waals surface area contributed by atoms with Crippen LogP contribution in [0.4, 0.5) is 13.2 Å². The molecule has 0 saturated carbocycles. The van der Waals surface area contributed by atoms with Gasteiger partial charge in [0, 0.05) is 0 Å². The normalized spacial score (nSPS) is 14.5. The van der Waals surface area contributed by atoms with E-state index in [0.717, 1.165) is 0 Å². The maximum absolute atomic E-state index is 12.0. The van der Waals surface area contributed by atoms with Crippen LogP contribution in [0.3, 0.4) is 0 Å². The largest absolute Gasteiger partial charge is 0.402 e. The molecule has 1 heterocycles. The number of benzene rings is 1. The van der Waals surface area contributed by atoms with Crippen molar-refractivity contribution in [3.8, 4) is 0 Å². The van der Waals surface area contributed by atoms with Crippen LogP contribution in [0.2, 0.25) is 0 Å². The fourth-order valence-corrected chi connectivity index (χ4v) is 2.70. The smallest absolute Gasteiger partial charge is 0.341 e. The maximum atomic E-state index is 12.0. The molecule has 2 aromatic rings. The number of imidazole rings is 1. The minimum Gasteiger partial charge on any atom is -0.341 e. The average molecular weight is 322 g/mol. The van der Waals surface area contributed by atoms with Crippen molar-refractivity contribution in [3.05, 3.63) is 30.1 Å². The van der Waals surface area contributed by atoms with Crippen LogP contribution >= 0.6 is 0 Å². The molecule has 1 aromatic carbocycles. The standard InChI is InChI=1S/C11H13F3N4O2S/c1-7(18-21(19,20)15-6-11(12,13)14)10-16-8-4-2-3-5-9(8)17-10/h2-5,7,15,18H,6H2,1H3,(H,16,17). The summed E-state index contributed by atoms with van der Waals surface area (Å²) < 4.78 is 62.6. The van der Waals surface area contributed by atoms with E-state index in [0.29, 0.717) is 16.9 Å². The van der Waals surface area contributed by atoms with Gasteiger partial charge in [0.25, 0.3) is 10.2 Å². The van der Waals surface area contributed by atoms with E-state index in [2.05, 4.69) is 14.7 Å². The molecule has 1 unspecified atom stereocenters. The molecular formula is C11H13F3N4O2S. The number of fused-ring (bicyclic) bond motifs is 1. The van der Waals surface area contributed by atoms with Crippen LogP contribution < -0.4 is 9.44 Å². The van der Waals surface area contributed by atoms with E-state index >= 15 is 0 Å². The summed E-state index contributed by atoms with van der Waals surface area (Å²) in [5.41, 5.74) is 1.35. The minimum absolute atomic E-state index is 0.314. The van der Waals surface area contributed by atoms with Crippen molar-refractivity contribution in [3.63, 3.8) is 0 Å². The molecule has 0 bridgehead atoms. The van der Waals surface area contributed by atoms with Crippen LogP contribution in [0.15, 0.2) is 24.3 Å². The van der Waals surface area contributed by atoms with E-state index in [1.54, 1.807) is 24.3 Å². The van der Waals surface area contributed by atoms with Crippen LogP contribution in [0, 0.1) is 0 Å². The first kappa shape index (κ1) is 15.7. The first-order valence-corrected chi connectivity index (χ1v) is 7.43. The summed E-state index contributed by atoms with van der Waals surface area (Å²) in [6, 6.07) is 6.24. The molecule has 0 radical (unpaired) electrons. The summed E-state index contributed by atoms with van der Waals surface area (Å²) in [5.74, 6) is 0.314. The molecule has 21 heavy (non-hydrogen) atoms. The lowest BCUT2D eigenvalue weighted by molar-refractivity contribution is -0.121. The lowest BCUT2D eigenvalue weighted by atomic mass is 10.3. The highest BCUT2D eigenvalue weighted by atomic mass is 32.2. The van der Waals surface area contributed by atoms with E-state index in [-0.39, 0.29) is 0 Å². The third-order valence-corrected chi connectivity index (χ3v) is 3.80. The molecule has 0 amide bonds. The highest BCUT2D eigenvalue weighted by Crippen LogP contribution is 2.16. The van der Waals surface area contributed by atoms with Crippen LogP contribution in [0.5, 0.6) is 0 Å². The van der Waals surface area contributed by atoms with Crippen LogP contribution in [-0.2, 0) is 10.2 Å². The van der Waals surface area contributed by atoms with Gasteiger partial charge in [-0.1, -0.05) is 12.1 Å². The number of aromatic nitrogens is 2. The van der Waals surface area contributed by atoms with Crippen LogP contribution in [0.1, 0.15) is 18.8 Å². The molecule has 0 aliphatic carbocycles. The van der Waals surface area contributed by atoms with Gasteiger partial charge in [-0.05, 0) is 19.1 Å². The number of hydrogen-bond acceptors (Lipinski definition) is 3. The Hall–Kier alpha value is -1.65. The molecule has 3 N–H and O–H groups in total. The second-order valence-corrected chi connectivity index (χ2v) is 5.95. The number of para-hydroxylation sites is 2. The van der Waals surface area contributed by atoms with Gasteiger partial charge in [-0.25, -0.2) is 4.98 Å². The molecule has 0 aliphatic rings. The van der Waals surface area contributed by atoms with Gasteiger partial charge >= 0.3 is 6.18 Å². The first-order chi connectivity index (χ1) is 9.66. The number of aromatic amines is 1. The summed E-state index contributed by atoms with van der Waals surface area (Å²) in [6.45, 7) is -0.153. The lowest BCUT2D eigenvalue weighted by Crippen LogP contribution is -2.42. The number of nitrogens with zero attached hydrogens (tertiary/aromatic N) is 1. The Balaban J connectivity index is 2.08. The number of H-pyrrole nitrogens is 1. The quantitative estimate of drug-likeness (QED) is 0.781. The predicted octanol–water partition coefficient (Wildman–Crippen LogP) is 1.61. The number of nitrogens with one attached hydrogen (secondary N) is 3. The molecular weight excluding hydrogens is 309 g/mol. The first-order valence-electron chi connectivity index (χ1n) is 5.94. The molecule has 0 spiro atoms. The van der Waals surface area contributed by atoms with Gasteiger partial charge < -0.3 is 4.98 Å². The summed E-state index contributed by atoms with van der Waals surface area (Å²) in [4.78, 5) is 7.08. The zero-order chi connectivity index (χ0) is 15.7. The summed E-state index contributed by atoms with van der Waals surface area (Å²) in [6.07, 6.45) is -4.61. The van der Waals surface area contributed by atoms with E-state index < -0.39 is 29.0 Å². The average Bonchev–Trinajstić information content (AvgIpc) is 2.79. The van der Waals surface area contributed by atoms with Crippen molar-refractivity contribution in [1.29, 1.82) is 0 Å². The highest BCUT2D eigenvalue weighted by molar-refractivity contribution is 7.87. The van der Waals surface area contributed by atoms with Gasteiger partial charge in [0.05, 0.1) is 17.1 Å². The monoisotopic (exact) mass is 322 g/mol. The van der Waals surface area contributed by atoms with Gasteiger partial charge in [0.1, 0.15) is 12.4 Å². The van der Waals surface area contributed by atoms with Crippen molar-refractivity contribution in [2.75, 3.05) is 6.54 Å². The molecule has 0 aliphatic heterocycles. The van der Waals surface area contributed by atoms with E-state index in [9.17, 15) is 21.6 Å². The maximum Gasteiger partial charge on any atom is 0.402 e. The summed E-state index contributed by atoms with van der Waals surface area (Å²) >= 11 is 0. The minimum atomic E-state index is -4.61. The summed E-state index contributed by atoms with van der Waals surface area (Å²) in [5, 5.41) is 0. The molecule has 0 saturated heterocycles. The Kier molecular flexibility index (Phi) is 4.21. The topological polar surface area (TPSA) is 86.9 Å². The molecule has 0 fully saturated rings. The number of halogens is 3. The Labute approximate surface area is 118 Å². The number of alkyl halides is 3. The Morgan fingerprint density at radius 2 is 2.00 bits per heavy atom. The van der Waals surface area contributed by atoms with E-state index in [4.69, 9.17) is 0 Å². The van der Waals surface area contributed by atoms with Gasteiger partial charge in [0.15, 0.2) is 0 Å². The van der Waals surface area contributed by atoms with Gasteiger partial charge in [-0.3, -0.25) is 0 Å². The van der Waals surface area contributed by atoms with Gasteiger partial charge in [0.2, 0.25) is 0 Å². The second-order valence-electron chi connectivity index (χ2n) is 4.42. The van der Waals surface area contributed by atoms with Crippen molar-refractivity contribution in [2.45, 2.75) is 19.1 Å². The number of rotatable bonds is 5. The van der Waals surface area contributed by atoms with Crippen LogP contribution in [-0.4, -0.2) is 31.1 Å². The van der Waals surface area contributed by atoms with Gasteiger partial charge in [-0.15, -0.1) is 0 Å². The lowest BCUT2D eigenvalue weighted by Gasteiger charge is -2.13. The van der Waals surface area contributed by atoms with Crippen LogP contribution in [0.25, 0.3) is 11.0 Å². The SMILES string of the molecule is CC(NS(=O)(=O)NCC(F)(F)F)c1nc2ccccc2[nH]1. The molecule has 1 aromatic heterocycles. The third kappa shape index (κ3) is 4.41. The van der Waals surface area contributed by atoms with Crippen molar-refractivity contribution in [1.82, 2.24) is 19.4 Å². The number of hydrogen-bond donors (Lipinski definition) is 3. The predicted molar refractivity (Wildman–Crippen MR) is 70.6 cm³/mol. The molecule has 1 atom stereocenters. The Morgan fingerprint density at radius 1 is 1.33 bits per heavy atom. The molecule has 10 heteroatoms. The summed E-state index contributed by atoms with van der Waals surface area (Å²) in [7, 11) is -4.28. The fraction of sp³-hybridized carbons (Fsp3) is 0.364. The third-order valence-electron chi connectivity index (χ3n) is 2.61. The van der Waals surface area contributed by atoms with E-state index in [1.807, 2.05) is 0 Å². The Morgan fingerprint density at radius 3 is 2.62 bits per heavy atom. The van der Waals surface area contributed by atoms with Crippen molar-refractivity contribution >= 4 is 21.2 Å². The molecule has 116 valence electrons. The fourth-order valence-electron chi connectivity index (χ4n) is 1.68. The zero-order valence-electron chi connectivity index (χ0n) is 10.9. The van der Waals surface area contributed by atoms with Crippen molar-refractivity contribution < 1.29 is 21.6 Å².